The number of hydrogen-bond donors (Lipinski definition) is 1. The number of benzene rings is 1. The number of nitrogens with zero attached hydrogens (tertiary/aromatic N) is 3. The molecule has 2 aliphatic rings. The van der Waals surface area contributed by atoms with Gasteiger partial charge in [0.2, 0.25) is 5.91 Å². The fourth-order valence-electron chi connectivity index (χ4n) is 3.10. The smallest absolute Gasteiger partial charge is 0.334 e. The molecule has 8 nitrogen and oxygen atoms in total. The summed E-state index contributed by atoms with van der Waals surface area (Å²) in [6, 6.07) is 9.13. The zero-order valence-electron chi connectivity index (χ0n) is 16.0. The predicted molar refractivity (Wildman–Crippen MR) is 113 cm³/mol. The number of nitrogens with one attached hydrogen (secondary N) is 1. The van der Waals surface area contributed by atoms with Crippen LogP contribution in [0.25, 0.3) is 6.08 Å². The van der Waals surface area contributed by atoms with Crippen LogP contribution in [0, 0.1) is 6.92 Å². The summed E-state index contributed by atoms with van der Waals surface area (Å²) in [6.07, 6.45) is 3.98. The highest BCUT2D eigenvalue weighted by Crippen LogP contribution is 2.40. The fraction of sp³-hybridized carbons (Fsp3) is 0.250. The topological polar surface area (TPSA) is 101 Å². The van der Waals surface area contributed by atoms with Crippen molar-refractivity contribution in [2.75, 3.05) is 5.75 Å². The van der Waals surface area contributed by atoms with Gasteiger partial charge in [0.1, 0.15) is 11.4 Å². The third-order valence-electron chi connectivity index (χ3n) is 4.67. The van der Waals surface area contributed by atoms with E-state index < -0.39 is 11.9 Å². The summed E-state index contributed by atoms with van der Waals surface area (Å²) >= 11 is 2.87. The number of carbonyl (C=O) groups excluding carboxylic acids is 3. The molecule has 1 saturated heterocycles. The molecule has 1 aromatic carbocycles. The molecule has 1 aromatic heterocycles. The normalized spacial score (nSPS) is 18.2. The van der Waals surface area contributed by atoms with Crippen molar-refractivity contribution in [2.45, 2.75) is 25.1 Å². The van der Waals surface area contributed by atoms with Crippen LogP contribution in [0.3, 0.4) is 0 Å². The average molecular weight is 443 g/mol. The SMILES string of the molecule is Cc1snnc1C=CC1=C(C(=O)ONC(=O)Cc2ccccc2)N2C(=O)C[C@@H]2SC1. The second-order valence-corrected chi connectivity index (χ2v) is 8.86. The number of carbonyl (C=O) groups is 3. The molecule has 0 unspecified atom stereocenters. The minimum Gasteiger partial charge on any atom is -0.334 e. The summed E-state index contributed by atoms with van der Waals surface area (Å²) in [4.78, 5) is 44.4. The van der Waals surface area contributed by atoms with Crippen LogP contribution in [0.1, 0.15) is 22.6 Å². The number of hydroxylamine groups is 1. The van der Waals surface area contributed by atoms with Gasteiger partial charge in [-0.15, -0.1) is 16.9 Å². The van der Waals surface area contributed by atoms with Crippen molar-refractivity contribution in [3.63, 3.8) is 0 Å². The monoisotopic (exact) mass is 442 g/mol. The van der Waals surface area contributed by atoms with E-state index in [9.17, 15) is 14.4 Å². The van der Waals surface area contributed by atoms with Crippen LogP contribution in [-0.2, 0) is 25.6 Å². The van der Waals surface area contributed by atoms with E-state index >= 15 is 0 Å². The maximum atomic E-state index is 12.8. The van der Waals surface area contributed by atoms with Gasteiger partial charge in [-0.2, -0.15) is 5.48 Å². The second-order valence-electron chi connectivity index (χ2n) is 6.73. The van der Waals surface area contributed by atoms with Crippen LogP contribution in [0.4, 0.5) is 0 Å². The number of fused-ring (bicyclic) bond motifs is 1. The zero-order valence-corrected chi connectivity index (χ0v) is 17.7. The molecule has 0 radical (unpaired) electrons. The Bertz CT molecular complexity index is 1050. The lowest BCUT2D eigenvalue weighted by atomic mass is 10.1. The number of β-lactam (4-membered cyclic amide) rings is 1. The van der Waals surface area contributed by atoms with E-state index in [1.807, 2.05) is 37.3 Å². The first kappa shape index (κ1) is 20.3. The van der Waals surface area contributed by atoms with Gasteiger partial charge in [-0.3, -0.25) is 14.5 Å². The summed E-state index contributed by atoms with van der Waals surface area (Å²) in [5.41, 5.74) is 4.49. The molecule has 2 aromatic rings. The maximum absolute atomic E-state index is 12.8. The minimum atomic E-state index is -0.762. The molecule has 30 heavy (non-hydrogen) atoms. The molecule has 2 aliphatic heterocycles. The van der Waals surface area contributed by atoms with Gasteiger partial charge in [0.05, 0.1) is 18.2 Å². The van der Waals surface area contributed by atoms with Gasteiger partial charge in [-0.05, 0) is 35.7 Å². The molecule has 4 rings (SSSR count). The van der Waals surface area contributed by atoms with Crippen molar-refractivity contribution in [3.05, 3.63) is 63.8 Å². The Morgan fingerprint density at radius 2 is 2.10 bits per heavy atom. The average Bonchev–Trinajstić information content (AvgIpc) is 3.15. The number of aromatic nitrogens is 2. The highest BCUT2D eigenvalue weighted by molar-refractivity contribution is 8.00. The summed E-state index contributed by atoms with van der Waals surface area (Å²) < 4.78 is 3.89. The standard InChI is InChI=1S/C20H18N4O4S2/c1-12-15(21-23-30-12)8-7-14-11-29-18-10-17(26)24(18)19(14)20(27)28-22-16(25)9-13-5-3-2-4-6-13/h2-8,18H,9-11H2,1H3,(H,22,25)/t18-/m0/s1. The number of aryl methyl sites for hydroxylation is 1. The minimum absolute atomic E-state index is 0.0805. The highest BCUT2D eigenvalue weighted by Gasteiger charge is 2.45. The molecule has 0 bridgehead atoms. The quantitative estimate of drug-likeness (QED) is 0.560. The second kappa shape index (κ2) is 8.80. The van der Waals surface area contributed by atoms with E-state index in [1.54, 1.807) is 23.9 Å². The van der Waals surface area contributed by atoms with E-state index in [4.69, 9.17) is 4.84 Å². The van der Waals surface area contributed by atoms with Crippen LogP contribution < -0.4 is 5.48 Å². The molecule has 0 spiro atoms. The molecule has 10 heteroatoms. The molecule has 0 aliphatic carbocycles. The molecule has 1 atom stereocenters. The first-order chi connectivity index (χ1) is 14.5. The Kier molecular flexibility index (Phi) is 5.96. The molecule has 1 N–H and O–H groups in total. The van der Waals surface area contributed by atoms with Crippen LogP contribution in [-0.4, -0.2) is 43.4 Å². The van der Waals surface area contributed by atoms with Crippen LogP contribution in [0.5, 0.6) is 0 Å². The van der Waals surface area contributed by atoms with E-state index in [0.29, 0.717) is 23.4 Å². The van der Waals surface area contributed by atoms with Crippen molar-refractivity contribution in [3.8, 4) is 0 Å². The lowest BCUT2D eigenvalue weighted by Gasteiger charge is -2.43. The lowest BCUT2D eigenvalue weighted by molar-refractivity contribution is -0.159. The largest absolute Gasteiger partial charge is 0.379 e. The third-order valence-corrected chi connectivity index (χ3v) is 6.56. The van der Waals surface area contributed by atoms with Gasteiger partial charge >= 0.3 is 5.97 Å². The third kappa shape index (κ3) is 4.29. The van der Waals surface area contributed by atoms with E-state index in [-0.39, 0.29) is 23.4 Å². The molecule has 3 heterocycles. The fourth-order valence-corrected chi connectivity index (χ4v) is 4.79. The van der Waals surface area contributed by atoms with Crippen LogP contribution >= 0.6 is 23.3 Å². The van der Waals surface area contributed by atoms with E-state index in [2.05, 4.69) is 15.1 Å². The van der Waals surface area contributed by atoms with Crippen LogP contribution in [0.2, 0.25) is 0 Å². The van der Waals surface area contributed by atoms with E-state index in [0.717, 1.165) is 10.4 Å². The van der Waals surface area contributed by atoms with Gasteiger partial charge in [0.25, 0.3) is 5.91 Å². The molecule has 0 saturated carbocycles. The number of allylic oxidation sites excluding steroid dienone is 1. The van der Waals surface area contributed by atoms with Gasteiger partial charge in [-0.25, -0.2) is 4.79 Å². The lowest BCUT2D eigenvalue weighted by Crippen LogP contribution is -2.54. The summed E-state index contributed by atoms with van der Waals surface area (Å²) in [6.45, 7) is 1.90. The molecule has 154 valence electrons. The molecule has 1 fully saturated rings. The highest BCUT2D eigenvalue weighted by atomic mass is 32.2. The molecular formula is C20H18N4O4S2. The van der Waals surface area contributed by atoms with Crippen molar-refractivity contribution in [1.29, 1.82) is 0 Å². The summed E-state index contributed by atoms with van der Waals surface area (Å²) in [5.74, 6) is -0.813. The summed E-state index contributed by atoms with van der Waals surface area (Å²) in [5, 5.41) is 3.95. The molecule has 2 amide bonds. The van der Waals surface area contributed by atoms with Crippen molar-refractivity contribution < 1.29 is 19.2 Å². The zero-order chi connectivity index (χ0) is 21.1. The van der Waals surface area contributed by atoms with Crippen molar-refractivity contribution in [2.24, 2.45) is 0 Å². The van der Waals surface area contributed by atoms with E-state index in [1.165, 1.54) is 16.4 Å². The first-order valence-corrected chi connectivity index (χ1v) is 11.0. The van der Waals surface area contributed by atoms with Crippen molar-refractivity contribution in [1.82, 2.24) is 20.0 Å². The Hall–Kier alpha value is -2.98. The maximum Gasteiger partial charge on any atom is 0.379 e. The molecular weight excluding hydrogens is 424 g/mol. The predicted octanol–water partition coefficient (Wildman–Crippen LogP) is 2.24. The van der Waals surface area contributed by atoms with Gasteiger partial charge in [-0.1, -0.05) is 40.9 Å². The van der Waals surface area contributed by atoms with Gasteiger partial charge < -0.3 is 4.84 Å². The number of rotatable bonds is 5. The Balaban J connectivity index is 1.49. The first-order valence-electron chi connectivity index (χ1n) is 9.20. The number of thioether (sulfide) groups is 1. The Labute approximate surface area is 181 Å². The number of hydrogen-bond acceptors (Lipinski definition) is 8. The number of amides is 2. The summed E-state index contributed by atoms with van der Waals surface area (Å²) in [7, 11) is 0. The van der Waals surface area contributed by atoms with Gasteiger partial charge in [0.15, 0.2) is 0 Å². The van der Waals surface area contributed by atoms with Gasteiger partial charge in [0, 0.05) is 10.6 Å². The Morgan fingerprint density at radius 1 is 1.30 bits per heavy atom. The Morgan fingerprint density at radius 3 is 2.80 bits per heavy atom. The van der Waals surface area contributed by atoms with Crippen LogP contribution in [0.15, 0.2) is 47.7 Å². The van der Waals surface area contributed by atoms with Crippen molar-refractivity contribution >= 4 is 47.2 Å².